The molecule has 0 aromatic heterocycles. The number of likely N-dealkylation sites (N-methyl/N-ethyl adjacent to an activating group) is 1. The summed E-state index contributed by atoms with van der Waals surface area (Å²) in [6, 6.07) is 7.41. The average molecular weight is 385 g/mol. The molecule has 1 N–H and O–H groups in total. The Labute approximate surface area is 145 Å². The van der Waals surface area contributed by atoms with Gasteiger partial charge in [-0.15, -0.1) is 0 Å². The molecule has 0 spiro atoms. The molecule has 1 aliphatic heterocycles. The second-order valence-corrected chi connectivity index (χ2v) is 6.75. The minimum atomic E-state index is -0.00842. The molecular weight excluding hydrogens is 362 g/mol. The summed E-state index contributed by atoms with van der Waals surface area (Å²) in [4.78, 5) is 28.5. The maximum absolute atomic E-state index is 12.2. The van der Waals surface area contributed by atoms with Crippen LogP contribution in [-0.4, -0.2) is 75.0 Å². The van der Waals surface area contributed by atoms with E-state index in [2.05, 4.69) is 15.9 Å². The highest BCUT2D eigenvalue weighted by Gasteiger charge is 2.25. The van der Waals surface area contributed by atoms with Crippen molar-refractivity contribution in [1.82, 2.24) is 9.80 Å². The zero-order valence-corrected chi connectivity index (χ0v) is 15.1. The maximum atomic E-state index is 12.2. The van der Waals surface area contributed by atoms with E-state index in [0.29, 0.717) is 25.4 Å². The van der Waals surface area contributed by atoms with Crippen LogP contribution < -0.4 is 9.64 Å². The van der Waals surface area contributed by atoms with Crippen LogP contribution >= 0.6 is 15.9 Å². The fourth-order valence-electron chi connectivity index (χ4n) is 2.39. The number of halogens is 1. The number of ether oxygens (including phenoxy) is 1. The number of nitrogens with one attached hydrogen (secondary N) is 1. The van der Waals surface area contributed by atoms with Crippen molar-refractivity contribution in [2.24, 2.45) is 0 Å². The molecule has 1 fully saturated rings. The number of carbonyl (C=O) groups excluding carboxylic acids is 2. The summed E-state index contributed by atoms with van der Waals surface area (Å²) in [5.74, 6) is 0.798. The number of hydrogen-bond donors (Lipinski definition) is 1. The van der Waals surface area contributed by atoms with Crippen LogP contribution in [0.15, 0.2) is 28.7 Å². The second kappa shape index (κ2) is 8.31. The van der Waals surface area contributed by atoms with Gasteiger partial charge < -0.3 is 19.4 Å². The van der Waals surface area contributed by atoms with Crippen LogP contribution in [0.4, 0.5) is 0 Å². The fourth-order valence-corrected chi connectivity index (χ4v) is 2.65. The number of carbonyl (C=O) groups is 2. The third-order valence-electron chi connectivity index (χ3n) is 3.90. The molecule has 2 rings (SSSR count). The van der Waals surface area contributed by atoms with Crippen molar-refractivity contribution in [2.75, 3.05) is 53.4 Å². The Balaban J connectivity index is 1.73. The Bertz CT molecular complexity index is 540. The van der Waals surface area contributed by atoms with Crippen molar-refractivity contribution in [3.8, 4) is 5.75 Å². The first-order valence-corrected chi connectivity index (χ1v) is 8.45. The molecule has 23 heavy (non-hydrogen) atoms. The molecule has 2 amide bonds. The van der Waals surface area contributed by atoms with Gasteiger partial charge in [-0.05, 0) is 24.3 Å². The van der Waals surface area contributed by atoms with E-state index in [1.165, 1.54) is 4.90 Å². The molecule has 1 aromatic carbocycles. The minimum absolute atomic E-state index is 0.00842. The molecule has 0 saturated carbocycles. The van der Waals surface area contributed by atoms with Gasteiger partial charge in [0.1, 0.15) is 5.75 Å². The molecule has 0 unspecified atom stereocenters. The Kier molecular flexibility index (Phi) is 6.41. The predicted octanol–water partition coefficient (Wildman–Crippen LogP) is -0.357. The van der Waals surface area contributed by atoms with Gasteiger partial charge in [0, 0.05) is 18.6 Å². The number of benzene rings is 1. The summed E-state index contributed by atoms with van der Waals surface area (Å²) in [7, 11) is 3.53. The third kappa shape index (κ3) is 5.51. The Hall–Kier alpha value is -1.60. The molecule has 1 saturated heterocycles. The first kappa shape index (κ1) is 17.7. The number of piperazine rings is 1. The number of nitrogens with zero attached hydrogens (tertiary/aromatic N) is 2. The van der Waals surface area contributed by atoms with Gasteiger partial charge >= 0.3 is 0 Å². The molecule has 1 aromatic rings. The zero-order valence-electron chi connectivity index (χ0n) is 13.5. The van der Waals surface area contributed by atoms with E-state index < -0.39 is 0 Å². The van der Waals surface area contributed by atoms with Gasteiger partial charge in [-0.1, -0.05) is 15.9 Å². The minimum Gasteiger partial charge on any atom is -0.484 e. The van der Waals surface area contributed by atoms with E-state index in [0.717, 1.165) is 17.6 Å². The lowest BCUT2D eigenvalue weighted by Gasteiger charge is -2.32. The van der Waals surface area contributed by atoms with Crippen molar-refractivity contribution < 1.29 is 19.2 Å². The van der Waals surface area contributed by atoms with Gasteiger partial charge in [0.05, 0.1) is 26.2 Å². The van der Waals surface area contributed by atoms with E-state index in [1.54, 1.807) is 19.0 Å². The molecule has 0 radical (unpaired) electrons. The highest BCUT2D eigenvalue weighted by Crippen LogP contribution is 2.16. The summed E-state index contributed by atoms with van der Waals surface area (Å²) in [5.41, 5.74) is 0. The smallest absolute Gasteiger partial charge is 0.277 e. The Morgan fingerprint density at radius 3 is 2.39 bits per heavy atom. The number of amides is 2. The van der Waals surface area contributed by atoms with Crippen LogP contribution in [0.5, 0.6) is 5.75 Å². The van der Waals surface area contributed by atoms with Gasteiger partial charge in [0.2, 0.25) is 0 Å². The average Bonchev–Trinajstić information content (AvgIpc) is 2.54. The molecule has 0 atom stereocenters. The van der Waals surface area contributed by atoms with E-state index in [1.807, 2.05) is 29.2 Å². The summed E-state index contributed by atoms with van der Waals surface area (Å²) in [6.45, 7) is 3.46. The largest absolute Gasteiger partial charge is 0.484 e. The highest BCUT2D eigenvalue weighted by molar-refractivity contribution is 9.10. The van der Waals surface area contributed by atoms with Crippen LogP contribution in [0.25, 0.3) is 0 Å². The lowest BCUT2D eigenvalue weighted by atomic mass is 10.3. The fraction of sp³-hybridized carbons (Fsp3) is 0.500. The van der Waals surface area contributed by atoms with Crippen LogP contribution in [-0.2, 0) is 9.59 Å². The molecule has 0 aliphatic carbocycles. The van der Waals surface area contributed by atoms with E-state index in [9.17, 15) is 9.59 Å². The number of quaternary nitrogens is 1. The lowest BCUT2D eigenvalue weighted by Crippen LogP contribution is -3.15. The summed E-state index contributed by atoms with van der Waals surface area (Å²) in [6.07, 6.45) is 0. The van der Waals surface area contributed by atoms with Gasteiger partial charge in [-0.25, -0.2) is 0 Å². The SMILES string of the molecule is CN(C)C(=O)C[NH+]1CCN(C(=O)COc2ccc(Br)cc2)CC1. The van der Waals surface area contributed by atoms with Crippen molar-refractivity contribution in [1.29, 1.82) is 0 Å². The molecule has 0 bridgehead atoms. The molecule has 1 aliphatic rings. The quantitative estimate of drug-likeness (QED) is 0.754. The zero-order chi connectivity index (χ0) is 16.8. The summed E-state index contributed by atoms with van der Waals surface area (Å²) >= 11 is 3.36. The molecule has 126 valence electrons. The monoisotopic (exact) mass is 384 g/mol. The van der Waals surface area contributed by atoms with Gasteiger partial charge in [-0.3, -0.25) is 9.59 Å². The van der Waals surface area contributed by atoms with Gasteiger partial charge in [0.25, 0.3) is 11.8 Å². The van der Waals surface area contributed by atoms with Gasteiger partial charge in [-0.2, -0.15) is 0 Å². The first-order chi connectivity index (χ1) is 11.0. The van der Waals surface area contributed by atoms with Crippen LogP contribution in [0.3, 0.4) is 0 Å². The Morgan fingerprint density at radius 2 is 1.83 bits per heavy atom. The highest BCUT2D eigenvalue weighted by atomic mass is 79.9. The Morgan fingerprint density at radius 1 is 1.22 bits per heavy atom. The molecule has 1 heterocycles. The predicted molar refractivity (Wildman–Crippen MR) is 90.5 cm³/mol. The van der Waals surface area contributed by atoms with Crippen molar-refractivity contribution in [3.05, 3.63) is 28.7 Å². The second-order valence-electron chi connectivity index (χ2n) is 5.84. The van der Waals surface area contributed by atoms with Crippen LogP contribution in [0, 0.1) is 0 Å². The third-order valence-corrected chi connectivity index (χ3v) is 4.43. The van der Waals surface area contributed by atoms with E-state index in [4.69, 9.17) is 4.74 Å². The number of rotatable bonds is 5. The summed E-state index contributed by atoms with van der Waals surface area (Å²) in [5, 5.41) is 0. The van der Waals surface area contributed by atoms with Crippen molar-refractivity contribution >= 4 is 27.7 Å². The van der Waals surface area contributed by atoms with Crippen molar-refractivity contribution in [3.63, 3.8) is 0 Å². The topological polar surface area (TPSA) is 54.3 Å². The van der Waals surface area contributed by atoms with Crippen molar-refractivity contribution in [2.45, 2.75) is 0 Å². The molecule has 7 heteroatoms. The molecular formula is C16H23BrN3O3+. The van der Waals surface area contributed by atoms with Gasteiger partial charge in [0.15, 0.2) is 13.2 Å². The van der Waals surface area contributed by atoms with E-state index in [-0.39, 0.29) is 18.4 Å². The van der Waals surface area contributed by atoms with Crippen LogP contribution in [0.2, 0.25) is 0 Å². The lowest BCUT2D eigenvalue weighted by molar-refractivity contribution is -0.896. The van der Waals surface area contributed by atoms with E-state index >= 15 is 0 Å². The first-order valence-electron chi connectivity index (χ1n) is 7.65. The molecule has 6 nitrogen and oxygen atoms in total. The normalized spacial score (nSPS) is 15.3. The van der Waals surface area contributed by atoms with Crippen LogP contribution in [0.1, 0.15) is 0 Å². The standard InChI is InChI=1S/C16H22BrN3O3/c1-18(2)15(21)11-19-7-9-20(10-8-19)16(22)12-23-14-5-3-13(17)4-6-14/h3-6H,7-12H2,1-2H3/p+1. The summed E-state index contributed by atoms with van der Waals surface area (Å²) < 4.78 is 6.49. The number of hydrogen-bond acceptors (Lipinski definition) is 3. The maximum Gasteiger partial charge on any atom is 0.277 e.